The zero-order valence-electron chi connectivity index (χ0n) is 14.9. The van der Waals surface area contributed by atoms with Crippen LogP contribution in [-0.4, -0.2) is 28.0 Å². The van der Waals surface area contributed by atoms with Gasteiger partial charge in [-0.2, -0.15) is 0 Å². The molecule has 0 bridgehead atoms. The van der Waals surface area contributed by atoms with E-state index >= 15 is 0 Å². The van der Waals surface area contributed by atoms with Gasteiger partial charge in [0.2, 0.25) is 0 Å². The molecule has 0 saturated heterocycles. The van der Waals surface area contributed by atoms with E-state index in [0.717, 1.165) is 19.4 Å². The smallest absolute Gasteiger partial charge is 0.308 e. The van der Waals surface area contributed by atoms with Crippen molar-refractivity contribution in [1.29, 1.82) is 0 Å². The monoisotopic (exact) mass is 302 g/mol. The molecule has 0 fully saturated rings. The standard InChI is InChI=1S/C16H34O3Si/c1-13(14(17)18-7)10-11-16(5,6)12-19-20(8,9)15(2,3)4/h13H,10-12H2,1-9H3. The summed E-state index contributed by atoms with van der Waals surface area (Å²) in [5.41, 5.74) is 0.0950. The summed E-state index contributed by atoms with van der Waals surface area (Å²) in [6, 6.07) is 0. The van der Waals surface area contributed by atoms with Gasteiger partial charge in [0, 0.05) is 6.61 Å². The molecule has 4 heteroatoms. The Balaban J connectivity index is 4.37. The summed E-state index contributed by atoms with van der Waals surface area (Å²) < 4.78 is 11.1. The quantitative estimate of drug-likeness (QED) is 0.508. The topological polar surface area (TPSA) is 35.5 Å². The summed E-state index contributed by atoms with van der Waals surface area (Å²) in [6.45, 7) is 18.4. The summed E-state index contributed by atoms with van der Waals surface area (Å²) >= 11 is 0. The molecule has 3 nitrogen and oxygen atoms in total. The van der Waals surface area contributed by atoms with Gasteiger partial charge in [-0.25, -0.2) is 0 Å². The summed E-state index contributed by atoms with van der Waals surface area (Å²) in [5, 5.41) is 0.238. The van der Waals surface area contributed by atoms with Crippen LogP contribution in [0.15, 0.2) is 0 Å². The van der Waals surface area contributed by atoms with E-state index in [0.29, 0.717) is 0 Å². The average molecular weight is 303 g/mol. The molecule has 0 aliphatic carbocycles. The number of hydrogen-bond acceptors (Lipinski definition) is 3. The van der Waals surface area contributed by atoms with Crippen molar-refractivity contribution in [3.63, 3.8) is 0 Å². The molecule has 1 atom stereocenters. The van der Waals surface area contributed by atoms with E-state index in [-0.39, 0.29) is 22.3 Å². The number of carbonyl (C=O) groups is 1. The molecule has 1 unspecified atom stereocenters. The number of carbonyl (C=O) groups excluding carboxylic acids is 1. The maximum Gasteiger partial charge on any atom is 0.308 e. The third-order valence-electron chi connectivity index (χ3n) is 4.49. The fourth-order valence-electron chi connectivity index (χ4n) is 1.59. The van der Waals surface area contributed by atoms with Gasteiger partial charge in [-0.3, -0.25) is 4.79 Å². The number of methoxy groups -OCH3 is 1. The third-order valence-corrected chi connectivity index (χ3v) is 8.97. The zero-order valence-corrected chi connectivity index (χ0v) is 15.9. The van der Waals surface area contributed by atoms with Gasteiger partial charge in [0.1, 0.15) is 0 Å². The van der Waals surface area contributed by atoms with Gasteiger partial charge >= 0.3 is 5.97 Å². The first-order valence-electron chi connectivity index (χ1n) is 7.54. The molecule has 0 aliphatic rings. The Morgan fingerprint density at radius 2 is 1.65 bits per heavy atom. The first kappa shape index (κ1) is 19.6. The lowest BCUT2D eigenvalue weighted by Crippen LogP contribution is -2.43. The molecule has 0 spiro atoms. The minimum absolute atomic E-state index is 0.0350. The Morgan fingerprint density at radius 3 is 2.05 bits per heavy atom. The number of rotatable bonds is 7. The second-order valence-corrected chi connectivity index (χ2v) is 13.0. The van der Waals surface area contributed by atoms with Crippen LogP contribution in [-0.2, 0) is 14.0 Å². The predicted molar refractivity (Wildman–Crippen MR) is 87.3 cm³/mol. The second-order valence-electron chi connectivity index (χ2n) is 8.18. The maximum absolute atomic E-state index is 11.4. The fraction of sp³-hybridized carbons (Fsp3) is 0.938. The molecule has 0 aromatic rings. The van der Waals surface area contributed by atoms with Crippen LogP contribution in [0.3, 0.4) is 0 Å². The van der Waals surface area contributed by atoms with Crippen LogP contribution in [0.25, 0.3) is 0 Å². The number of esters is 1. The van der Waals surface area contributed by atoms with E-state index in [1.807, 2.05) is 6.92 Å². The van der Waals surface area contributed by atoms with E-state index in [4.69, 9.17) is 9.16 Å². The molecule has 120 valence electrons. The minimum atomic E-state index is -1.69. The highest BCUT2D eigenvalue weighted by Gasteiger charge is 2.38. The highest BCUT2D eigenvalue weighted by Crippen LogP contribution is 2.38. The Morgan fingerprint density at radius 1 is 1.15 bits per heavy atom. The Hall–Kier alpha value is -0.353. The van der Waals surface area contributed by atoms with Crippen LogP contribution < -0.4 is 0 Å². The van der Waals surface area contributed by atoms with Gasteiger partial charge < -0.3 is 9.16 Å². The molecular weight excluding hydrogens is 268 g/mol. The van der Waals surface area contributed by atoms with Crippen LogP contribution in [0.2, 0.25) is 18.1 Å². The van der Waals surface area contributed by atoms with Crippen LogP contribution >= 0.6 is 0 Å². The molecular formula is C16H34O3Si. The van der Waals surface area contributed by atoms with E-state index < -0.39 is 8.32 Å². The lowest BCUT2D eigenvalue weighted by atomic mass is 9.86. The fourth-order valence-corrected chi connectivity index (χ4v) is 2.78. The molecule has 0 aromatic heterocycles. The van der Waals surface area contributed by atoms with Crippen molar-refractivity contribution in [2.24, 2.45) is 11.3 Å². The molecule has 0 rings (SSSR count). The second kappa shape index (κ2) is 7.08. The number of ether oxygens (including phenoxy) is 1. The average Bonchev–Trinajstić information content (AvgIpc) is 2.31. The Labute approximate surface area is 126 Å². The summed E-state index contributed by atoms with van der Waals surface area (Å²) in [6.07, 6.45) is 1.82. The van der Waals surface area contributed by atoms with Crippen LogP contribution in [0.1, 0.15) is 54.4 Å². The van der Waals surface area contributed by atoms with Crippen LogP contribution in [0, 0.1) is 11.3 Å². The molecule has 0 aromatic carbocycles. The van der Waals surface area contributed by atoms with Gasteiger partial charge in [0.15, 0.2) is 8.32 Å². The largest absolute Gasteiger partial charge is 0.469 e. The number of hydrogen-bond donors (Lipinski definition) is 0. The Bertz CT molecular complexity index is 316. The van der Waals surface area contributed by atoms with Crippen molar-refractivity contribution in [3.8, 4) is 0 Å². The van der Waals surface area contributed by atoms with Crippen molar-refractivity contribution in [2.75, 3.05) is 13.7 Å². The van der Waals surface area contributed by atoms with Crippen LogP contribution in [0.4, 0.5) is 0 Å². The van der Waals surface area contributed by atoms with E-state index in [1.165, 1.54) is 7.11 Å². The van der Waals surface area contributed by atoms with Crippen molar-refractivity contribution in [3.05, 3.63) is 0 Å². The summed E-state index contributed by atoms with van der Waals surface area (Å²) in [4.78, 5) is 11.4. The molecule has 0 heterocycles. The van der Waals surface area contributed by atoms with E-state index in [9.17, 15) is 4.79 Å². The van der Waals surface area contributed by atoms with E-state index in [1.54, 1.807) is 0 Å². The Kier molecular flexibility index (Phi) is 6.95. The van der Waals surface area contributed by atoms with Crippen molar-refractivity contribution in [1.82, 2.24) is 0 Å². The van der Waals surface area contributed by atoms with Gasteiger partial charge in [0.25, 0.3) is 0 Å². The van der Waals surface area contributed by atoms with Gasteiger partial charge in [0.05, 0.1) is 13.0 Å². The van der Waals surface area contributed by atoms with Crippen molar-refractivity contribution < 1.29 is 14.0 Å². The lowest BCUT2D eigenvalue weighted by molar-refractivity contribution is -0.145. The van der Waals surface area contributed by atoms with Crippen molar-refractivity contribution >= 4 is 14.3 Å². The zero-order chi connectivity index (χ0) is 16.2. The summed E-state index contributed by atoms with van der Waals surface area (Å²) in [5.74, 6) is -0.154. The highest BCUT2D eigenvalue weighted by atomic mass is 28.4. The SMILES string of the molecule is COC(=O)C(C)CCC(C)(C)CO[Si](C)(C)C(C)(C)C. The normalized spacial score (nSPS) is 15.1. The van der Waals surface area contributed by atoms with Gasteiger partial charge in [-0.1, -0.05) is 41.5 Å². The summed E-state index contributed by atoms with van der Waals surface area (Å²) in [7, 11) is -0.242. The predicted octanol–water partition coefficient (Wildman–Crippen LogP) is 4.62. The molecule has 0 amide bonds. The van der Waals surface area contributed by atoms with Gasteiger partial charge in [-0.15, -0.1) is 0 Å². The first-order valence-corrected chi connectivity index (χ1v) is 10.4. The van der Waals surface area contributed by atoms with Crippen LogP contribution in [0.5, 0.6) is 0 Å². The lowest BCUT2D eigenvalue weighted by Gasteiger charge is -2.39. The molecule has 0 N–H and O–H groups in total. The van der Waals surface area contributed by atoms with Gasteiger partial charge in [-0.05, 0) is 36.4 Å². The third kappa shape index (κ3) is 6.40. The molecule has 20 heavy (non-hydrogen) atoms. The molecule has 0 radical (unpaired) electrons. The minimum Gasteiger partial charge on any atom is -0.469 e. The molecule has 0 aliphatic heterocycles. The maximum atomic E-state index is 11.4. The van der Waals surface area contributed by atoms with Crippen molar-refractivity contribution in [2.45, 2.75) is 72.5 Å². The highest BCUT2D eigenvalue weighted by molar-refractivity contribution is 6.74. The molecule has 0 saturated carbocycles. The van der Waals surface area contributed by atoms with E-state index in [2.05, 4.69) is 47.7 Å². The first-order chi connectivity index (χ1) is 8.82.